The second-order valence-electron chi connectivity index (χ2n) is 5.79. The van der Waals surface area contributed by atoms with E-state index in [-0.39, 0.29) is 5.39 Å². The van der Waals surface area contributed by atoms with Crippen molar-refractivity contribution in [2.45, 2.75) is 19.4 Å². The molecule has 0 spiro atoms. The van der Waals surface area contributed by atoms with Crippen LogP contribution in [0.4, 0.5) is 21.7 Å². The van der Waals surface area contributed by atoms with Crippen molar-refractivity contribution in [3.8, 4) is 11.3 Å². The Morgan fingerprint density at radius 1 is 1.40 bits per heavy atom. The lowest BCUT2D eigenvalue weighted by Gasteiger charge is -2.15. The zero-order chi connectivity index (χ0) is 18.0. The quantitative estimate of drug-likeness (QED) is 0.390. The van der Waals surface area contributed by atoms with E-state index in [1.165, 1.54) is 12.1 Å². The number of hydrogen-bond acceptors (Lipinski definition) is 6. The lowest BCUT2D eigenvalue weighted by atomic mass is 10.1. The molecule has 2 heterocycles. The maximum Gasteiger partial charge on any atom is 0.178 e. The molecule has 3 rings (SSSR count). The minimum absolute atomic E-state index is 0.126. The van der Waals surface area contributed by atoms with Gasteiger partial charge in [0.05, 0.1) is 23.2 Å². The molecule has 0 fully saturated rings. The molecule has 1 aromatic heterocycles. The van der Waals surface area contributed by atoms with Gasteiger partial charge in [-0.25, -0.2) is 4.98 Å². The van der Waals surface area contributed by atoms with Gasteiger partial charge in [-0.05, 0) is 43.6 Å². The summed E-state index contributed by atoms with van der Waals surface area (Å²) >= 11 is 8.15. The first-order chi connectivity index (χ1) is 12.0. The Kier molecular flexibility index (Phi) is 5.68. The van der Waals surface area contributed by atoms with E-state index in [2.05, 4.69) is 28.3 Å². The predicted octanol–water partition coefficient (Wildman–Crippen LogP) is 5.07. The van der Waals surface area contributed by atoms with Crippen molar-refractivity contribution in [3.05, 3.63) is 35.4 Å². The van der Waals surface area contributed by atoms with E-state index in [0.29, 0.717) is 28.3 Å². The topological polar surface area (TPSA) is 40.4 Å². The minimum Gasteiger partial charge on any atom is -0.383 e. The zero-order valence-corrected chi connectivity index (χ0v) is 15.9. The molecule has 0 saturated carbocycles. The number of hydrogen-bond donors (Lipinski definition) is 1. The number of aromatic nitrogens is 1. The Morgan fingerprint density at radius 3 is 2.76 bits per heavy atom. The number of nitrogens with one attached hydrogen (secondary N) is 1. The van der Waals surface area contributed by atoms with Crippen molar-refractivity contribution < 1.29 is 9.32 Å². The number of hydrazine groups is 1. The molecule has 25 heavy (non-hydrogen) atoms. The van der Waals surface area contributed by atoms with Crippen LogP contribution in [-0.4, -0.2) is 35.5 Å². The average Bonchev–Trinajstić information content (AvgIpc) is 3.32. The summed E-state index contributed by atoms with van der Waals surface area (Å²) in [6.07, 6.45) is 3.22. The molecule has 0 amide bonds. The van der Waals surface area contributed by atoms with Crippen LogP contribution in [0.5, 0.6) is 0 Å². The first-order valence-electron chi connectivity index (χ1n) is 7.91. The van der Waals surface area contributed by atoms with Crippen LogP contribution in [0.25, 0.3) is 11.3 Å². The summed E-state index contributed by atoms with van der Waals surface area (Å²) in [6.45, 7) is 2.17. The van der Waals surface area contributed by atoms with Crippen LogP contribution in [0.1, 0.15) is 13.3 Å². The van der Waals surface area contributed by atoms with Gasteiger partial charge in [0.25, 0.3) is 0 Å². The highest BCUT2D eigenvalue weighted by Gasteiger charge is 2.39. The van der Waals surface area contributed by atoms with Gasteiger partial charge in [0.1, 0.15) is 5.69 Å². The van der Waals surface area contributed by atoms with E-state index in [4.69, 9.17) is 11.6 Å². The van der Waals surface area contributed by atoms with Crippen molar-refractivity contribution in [1.82, 2.24) is 10.4 Å². The molecule has 5 nitrogen and oxygen atoms in total. The molecule has 134 valence electrons. The van der Waals surface area contributed by atoms with Gasteiger partial charge in [0, 0.05) is 17.3 Å². The second-order valence-corrected chi connectivity index (χ2v) is 7.18. The van der Waals surface area contributed by atoms with Crippen molar-refractivity contribution in [3.63, 3.8) is 0 Å². The van der Waals surface area contributed by atoms with E-state index in [0.717, 1.165) is 23.4 Å². The highest BCUT2D eigenvalue weighted by Crippen LogP contribution is 2.50. The summed E-state index contributed by atoms with van der Waals surface area (Å²) in [7, 11) is 1.24. The minimum atomic E-state index is 0.126. The highest BCUT2D eigenvalue weighted by atomic mass is 35.5. The Balaban J connectivity index is 1.73. The Labute approximate surface area is 156 Å². The molecule has 1 aliphatic rings. The number of pyridine rings is 1. The van der Waals surface area contributed by atoms with Crippen LogP contribution in [0.15, 0.2) is 30.3 Å². The fraction of sp³-hybridized carbons (Fsp3) is 0.353. The fourth-order valence-electron chi connectivity index (χ4n) is 2.56. The Morgan fingerprint density at radius 2 is 2.12 bits per heavy atom. The third kappa shape index (κ3) is 4.00. The molecule has 0 saturated heterocycles. The normalized spacial score (nSPS) is 13.8. The molecule has 8 heteroatoms. The maximum absolute atomic E-state index is 13.5. The standard InChI is InChI=1S/C17H20ClFN4OS/c1-11(8-9-25-3)20-13-6-4-12(5-7-13)16-14(18)10-15-17(21-16)22(15)23(19)24-2/h4-7,10-11,20H,8-9H2,1-3H3. The molecule has 1 N–H and O–H groups in total. The molecule has 0 aliphatic carbocycles. The SMILES string of the molecule is CON(F)N1c2cc(Cl)c(-c3ccc(NC(C)CCSC)cc3)nc21. The molecular formula is C17H20ClFN4OS. The molecule has 1 atom stereocenters. The molecule has 0 bridgehead atoms. The van der Waals surface area contributed by atoms with Crippen molar-refractivity contribution in [1.29, 1.82) is 0 Å². The van der Waals surface area contributed by atoms with Crippen LogP contribution in [0, 0.1) is 0 Å². The van der Waals surface area contributed by atoms with E-state index < -0.39 is 0 Å². The van der Waals surface area contributed by atoms with Gasteiger partial charge in [-0.2, -0.15) is 16.8 Å². The number of halogens is 2. The van der Waals surface area contributed by atoms with Crippen molar-refractivity contribution in [2.24, 2.45) is 0 Å². The summed E-state index contributed by atoms with van der Waals surface area (Å²) in [6, 6.07) is 10.0. The molecular weight excluding hydrogens is 363 g/mol. The fourth-order valence-corrected chi connectivity index (χ4v) is 3.40. The maximum atomic E-state index is 13.5. The van der Waals surface area contributed by atoms with Crippen LogP contribution in [0.3, 0.4) is 0 Å². The molecule has 1 aromatic carbocycles. The zero-order valence-electron chi connectivity index (χ0n) is 14.3. The third-order valence-corrected chi connectivity index (χ3v) is 4.88. The summed E-state index contributed by atoms with van der Waals surface area (Å²) in [5.74, 6) is 1.63. The summed E-state index contributed by atoms with van der Waals surface area (Å²) in [5.41, 5.74) is 3.15. The monoisotopic (exact) mass is 382 g/mol. The average molecular weight is 383 g/mol. The summed E-state index contributed by atoms with van der Waals surface area (Å²) in [4.78, 5) is 8.95. The van der Waals surface area contributed by atoms with Crippen molar-refractivity contribution >= 4 is 40.6 Å². The molecule has 2 aromatic rings. The van der Waals surface area contributed by atoms with Gasteiger partial charge in [0.2, 0.25) is 0 Å². The number of nitrogens with zero attached hydrogens (tertiary/aromatic N) is 3. The van der Waals surface area contributed by atoms with Crippen LogP contribution in [-0.2, 0) is 4.84 Å². The van der Waals surface area contributed by atoms with Crippen LogP contribution in [0.2, 0.25) is 5.02 Å². The number of benzene rings is 1. The first-order valence-corrected chi connectivity index (χ1v) is 9.68. The number of fused-ring (bicyclic) bond motifs is 1. The summed E-state index contributed by atoms with van der Waals surface area (Å²) in [5, 5.41) is 5.28. The first kappa shape index (κ1) is 18.3. The van der Waals surface area contributed by atoms with E-state index in [1.54, 1.807) is 6.07 Å². The van der Waals surface area contributed by atoms with Crippen LogP contribution >= 0.6 is 23.4 Å². The molecule has 1 unspecified atom stereocenters. The number of rotatable bonds is 8. The number of anilines is 3. The Bertz CT molecular complexity index is 746. The third-order valence-electron chi connectivity index (χ3n) is 3.95. The lowest BCUT2D eigenvalue weighted by molar-refractivity contribution is -0.257. The van der Waals surface area contributed by atoms with E-state index in [9.17, 15) is 4.48 Å². The predicted molar refractivity (Wildman–Crippen MR) is 103 cm³/mol. The van der Waals surface area contributed by atoms with Gasteiger partial charge in [-0.3, -0.25) is 4.84 Å². The molecule has 1 aliphatic heterocycles. The van der Waals surface area contributed by atoms with E-state index >= 15 is 0 Å². The number of thioether (sulfide) groups is 1. The van der Waals surface area contributed by atoms with Crippen molar-refractivity contribution in [2.75, 3.05) is 29.4 Å². The largest absolute Gasteiger partial charge is 0.383 e. The lowest BCUT2D eigenvalue weighted by Crippen LogP contribution is -2.20. The highest BCUT2D eigenvalue weighted by molar-refractivity contribution is 7.98. The molecule has 0 radical (unpaired) electrons. The van der Waals surface area contributed by atoms with Gasteiger partial charge in [0.15, 0.2) is 5.82 Å². The van der Waals surface area contributed by atoms with Gasteiger partial charge in [-0.1, -0.05) is 28.2 Å². The van der Waals surface area contributed by atoms with Gasteiger partial charge < -0.3 is 5.32 Å². The van der Waals surface area contributed by atoms with E-state index in [1.807, 2.05) is 36.0 Å². The van der Waals surface area contributed by atoms with Gasteiger partial charge >= 0.3 is 0 Å². The summed E-state index contributed by atoms with van der Waals surface area (Å²) < 4.78 is 13.5. The Hall–Kier alpha value is -1.54. The van der Waals surface area contributed by atoms with Crippen LogP contribution < -0.4 is 10.3 Å². The second kappa shape index (κ2) is 7.78. The van der Waals surface area contributed by atoms with Gasteiger partial charge in [-0.15, -0.1) is 0 Å². The smallest absolute Gasteiger partial charge is 0.178 e.